The number of likely N-dealkylation sites (N-methyl/N-ethyl adjacent to an activating group) is 1. The van der Waals surface area contributed by atoms with Crippen LogP contribution >= 0.6 is 7.82 Å². The van der Waals surface area contributed by atoms with E-state index >= 15 is 0 Å². The van der Waals surface area contributed by atoms with Gasteiger partial charge in [-0.25, -0.2) is 4.57 Å². The van der Waals surface area contributed by atoms with Crippen LogP contribution in [0.1, 0.15) is 258 Å². The van der Waals surface area contributed by atoms with E-state index in [0.29, 0.717) is 23.9 Å². The molecular formula is C55H108N2O6P+. The molecule has 0 aromatic heterocycles. The Morgan fingerprint density at radius 1 is 0.531 bits per heavy atom. The lowest BCUT2D eigenvalue weighted by Crippen LogP contribution is -2.46. The minimum atomic E-state index is -4.30. The molecule has 0 radical (unpaired) electrons. The van der Waals surface area contributed by atoms with Crippen molar-refractivity contribution in [3.63, 3.8) is 0 Å². The minimum absolute atomic E-state index is 0.0755. The number of amides is 1. The minimum Gasteiger partial charge on any atom is -0.391 e. The first kappa shape index (κ1) is 62.7. The van der Waals surface area contributed by atoms with Gasteiger partial charge in [-0.05, 0) is 51.4 Å². The van der Waals surface area contributed by atoms with Gasteiger partial charge >= 0.3 is 7.82 Å². The van der Waals surface area contributed by atoms with Crippen LogP contribution in [0.2, 0.25) is 0 Å². The molecule has 378 valence electrons. The number of rotatable bonds is 50. The van der Waals surface area contributed by atoms with Gasteiger partial charge < -0.3 is 19.8 Å². The zero-order valence-electron chi connectivity index (χ0n) is 43.0. The van der Waals surface area contributed by atoms with Crippen LogP contribution in [0.5, 0.6) is 0 Å². The quantitative estimate of drug-likeness (QED) is 0.0243. The summed E-state index contributed by atoms with van der Waals surface area (Å²) in [4.78, 5) is 23.1. The first-order chi connectivity index (χ1) is 31.0. The van der Waals surface area contributed by atoms with Crippen molar-refractivity contribution in [3.05, 3.63) is 36.5 Å². The molecular weight excluding hydrogens is 816 g/mol. The van der Waals surface area contributed by atoms with Crippen molar-refractivity contribution in [1.29, 1.82) is 0 Å². The topological polar surface area (TPSA) is 105 Å². The highest BCUT2D eigenvalue weighted by Gasteiger charge is 2.28. The van der Waals surface area contributed by atoms with Crippen LogP contribution in [0, 0.1) is 0 Å². The van der Waals surface area contributed by atoms with E-state index in [9.17, 15) is 19.4 Å². The molecule has 0 fully saturated rings. The first-order valence-electron chi connectivity index (χ1n) is 27.4. The molecule has 0 heterocycles. The van der Waals surface area contributed by atoms with Gasteiger partial charge in [-0.2, -0.15) is 0 Å². The van der Waals surface area contributed by atoms with E-state index in [2.05, 4.69) is 55.6 Å². The van der Waals surface area contributed by atoms with Crippen LogP contribution < -0.4 is 5.32 Å². The van der Waals surface area contributed by atoms with Gasteiger partial charge in [0.25, 0.3) is 0 Å². The van der Waals surface area contributed by atoms with E-state index in [-0.39, 0.29) is 19.1 Å². The molecule has 0 spiro atoms. The number of quaternary nitrogens is 1. The Morgan fingerprint density at radius 3 is 1.30 bits per heavy atom. The number of aliphatic hydroxyl groups is 1. The van der Waals surface area contributed by atoms with E-state index < -0.39 is 20.0 Å². The molecule has 3 atom stereocenters. The van der Waals surface area contributed by atoms with Gasteiger partial charge in [-0.15, -0.1) is 0 Å². The third kappa shape index (κ3) is 48.6. The zero-order chi connectivity index (χ0) is 47.1. The third-order valence-electron chi connectivity index (χ3n) is 12.4. The number of hydrogen-bond acceptors (Lipinski definition) is 5. The highest BCUT2D eigenvalue weighted by Crippen LogP contribution is 2.43. The molecule has 0 aliphatic rings. The highest BCUT2D eigenvalue weighted by atomic mass is 31.2. The number of allylic oxidation sites excluding steroid dienone is 6. The molecule has 0 aliphatic carbocycles. The van der Waals surface area contributed by atoms with E-state index in [1.165, 1.54) is 180 Å². The van der Waals surface area contributed by atoms with Crippen LogP contribution in [0.15, 0.2) is 36.5 Å². The number of hydrogen-bond donors (Lipinski definition) is 3. The van der Waals surface area contributed by atoms with E-state index in [1.54, 1.807) is 0 Å². The van der Waals surface area contributed by atoms with E-state index in [4.69, 9.17) is 9.05 Å². The molecule has 1 amide bonds. The van der Waals surface area contributed by atoms with Crippen molar-refractivity contribution >= 4 is 13.7 Å². The standard InChI is InChI=1S/C55H107N2O6P/c1-6-8-10-12-14-15-16-17-18-19-20-21-22-23-24-25-26-27-28-29-30-31-32-33-34-35-36-37-38-39-40-41-43-45-47-49-55(59)56-53(54(58)48-46-44-42-13-11-9-7-2)52-63-64(60,61)62-51-50-57(3,4)5/h16-17,19-20,22-23,53-54,58H,6-15,18,21,24-52H2,1-5H3,(H-,56,59,60,61)/p+1/b17-16-,20-19-,23-22-. The van der Waals surface area contributed by atoms with Crippen molar-refractivity contribution in [1.82, 2.24) is 5.32 Å². The molecule has 0 aromatic carbocycles. The van der Waals surface area contributed by atoms with Crippen LogP contribution in [0.3, 0.4) is 0 Å². The lowest BCUT2D eigenvalue weighted by atomic mass is 10.0. The summed E-state index contributed by atoms with van der Waals surface area (Å²) >= 11 is 0. The molecule has 3 unspecified atom stereocenters. The van der Waals surface area contributed by atoms with Crippen LogP contribution in [-0.4, -0.2) is 73.4 Å². The molecule has 0 rings (SSSR count). The molecule has 0 saturated heterocycles. The number of phosphoric acid groups is 1. The van der Waals surface area contributed by atoms with Gasteiger partial charge in [-0.3, -0.25) is 13.8 Å². The molecule has 64 heavy (non-hydrogen) atoms. The first-order valence-corrected chi connectivity index (χ1v) is 28.8. The summed E-state index contributed by atoms with van der Waals surface area (Å²) in [5.74, 6) is -0.146. The number of carbonyl (C=O) groups excluding carboxylic acids is 1. The Bertz CT molecular complexity index is 1140. The maximum Gasteiger partial charge on any atom is 0.472 e. The van der Waals surface area contributed by atoms with Gasteiger partial charge in [0.15, 0.2) is 0 Å². The predicted octanol–water partition coefficient (Wildman–Crippen LogP) is 16.2. The summed E-state index contributed by atoms with van der Waals surface area (Å²) in [6.45, 7) is 4.84. The summed E-state index contributed by atoms with van der Waals surface area (Å²) in [5, 5.41) is 13.9. The lowest BCUT2D eigenvalue weighted by molar-refractivity contribution is -0.870. The van der Waals surface area contributed by atoms with Gasteiger partial charge in [0, 0.05) is 6.42 Å². The van der Waals surface area contributed by atoms with E-state index in [0.717, 1.165) is 51.4 Å². The third-order valence-corrected chi connectivity index (χ3v) is 13.4. The smallest absolute Gasteiger partial charge is 0.391 e. The molecule has 9 heteroatoms. The van der Waals surface area contributed by atoms with Crippen molar-refractivity contribution in [2.24, 2.45) is 0 Å². The summed E-state index contributed by atoms with van der Waals surface area (Å²) in [7, 11) is 1.62. The summed E-state index contributed by atoms with van der Waals surface area (Å²) < 4.78 is 23.6. The van der Waals surface area contributed by atoms with Gasteiger partial charge in [-0.1, -0.05) is 237 Å². The Hall–Kier alpha value is -1.28. The van der Waals surface area contributed by atoms with Crippen LogP contribution in [0.4, 0.5) is 0 Å². The van der Waals surface area contributed by atoms with Crippen molar-refractivity contribution in [3.8, 4) is 0 Å². The molecule has 0 aromatic rings. The highest BCUT2D eigenvalue weighted by molar-refractivity contribution is 7.47. The number of nitrogens with one attached hydrogen (secondary N) is 1. The Kier molecular flexibility index (Phi) is 45.9. The monoisotopic (exact) mass is 924 g/mol. The number of nitrogens with zero attached hydrogens (tertiary/aromatic N) is 1. The second-order valence-corrected chi connectivity index (χ2v) is 21.4. The molecule has 0 saturated carbocycles. The van der Waals surface area contributed by atoms with Gasteiger partial charge in [0.1, 0.15) is 13.2 Å². The Balaban J connectivity index is 3.82. The number of phosphoric ester groups is 1. The van der Waals surface area contributed by atoms with Crippen LogP contribution in [-0.2, 0) is 18.4 Å². The second kappa shape index (κ2) is 46.8. The fourth-order valence-corrected chi connectivity index (χ4v) is 8.79. The summed E-state index contributed by atoms with van der Waals surface area (Å²) in [6.07, 6.45) is 59.5. The average molecular weight is 924 g/mol. The number of aliphatic hydroxyl groups excluding tert-OH is 1. The number of unbranched alkanes of at least 4 members (excludes halogenated alkanes) is 31. The van der Waals surface area contributed by atoms with Gasteiger partial charge in [0.05, 0.1) is 39.9 Å². The maximum atomic E-state index is 12.9. The average Bonchev–Trinajstić information content (AvgIpc) is 3.25. The fourth-order valence-electron chi connectivity index (χ4n) is 8.05. The molecule has 0 bridgehead atoms. The van der Waals surface area contributed by atoms with Crippen molar-refractivity contribution < 1.29 is 32.9 Å². The summed E-state index contributed by atoms with van der Waals surface area (Å²) in [5.41, 5.74) is 0. The van der Waals surface area contributed by atoms with Crippen molar-refractivity contribution in [2.45, 2.75) is 270 Å². The lowest BCUT2D eigenvalue weighted by Gasteiger charge is -2.26. The molecule has 8 nitrogen and oxygen atoms in total. The van der Waals surface area contributed by atoms with Crippen molar-refractivity contribution in [2.75, 3.05) is 40.9 Å². The molecule has 0 aliphatic heterocycles. The SMILES string of the molecule is CCCCCCC/C=C\C/C=C\C/C=C\CCCCCCCCCCCCCCCCCCCCCCC(=O)NC(COP(=O)(O)OCC[N+](C)(C)C)C(O)CCCCCCCCC. The zero-order valence-corrected chi connectivity index (χ0v) is 43.9. The van der Waals surface area contributed by atoms with E-state index in [1.807, 2.05) is 21.1 Å². The maximum absolute atomic E-state index is 12.9. The molecule has 3 N–H and O–H groups in total. The Labute approximate surface area is 397 Å². The number of carbonyl (C=O) groups is 1. The predicted molar refractivity (Wildman–Crippen MR) is 277 cm³/mol. The van der Waals surface area contributed by atoms with Gasteiger partial charge in [0.2, 0.25) is 5.91 Å². The summed E-state index contributed by atoms with van der Waals surface area (Å²) in [6, 6.07) is -0.755. The normalized spacial score (nSPS) is 14.3. The second-order valence-electron chi connectivity index (χ2n) is 20.0. The fraction of sp³-hybridized carbons (Fsp3) is 0.873. The van der Waals surface area contributed by atoms with Crippen LogP contribution in [0.25, 0.3) is 0 Å². The Morgan fingerprint density at radius 2 is 0.891 bits per heavy atom. The largest absolute Gasteiger partial charge is 0.472 e.